The van der Waals surface area contributed by atoms with Gasteiger partial charge in [-0.3, -0.25) is 0 Å². The van der Waals surface area contributed by atoms with E-state index >= 15 is 0 Å². The van der Waals surface area contributed by atoms with E-state index in [0.29, 0.717) is 29.3 Å². The summed E-state index contributed by atoms with van der Waals surface area (Å²) in [6, 6.07) is 7.39. The Bertz CT molecular complexity index is 1080. The van der Waals surface area contributed by atoms with Gasteiger partial charge in [-0.2, -0.15) is 0 Å². The number of methoxy groups -OCH3 is 1. The molecular weight excluding hydrogens is 342 g/mol. The van der Waals surface area contributed by atoms with Crippen LogP contribution in [0.1, 0.15) is 0 Å². The van der Waals surface area contributed by atoms with Gasteiger partial charge < -0.3 is 9.15 Å². The number of sulfone groups is 1. The summed E-state index contributed by atoms with van der Waals surface area (Å²) in [4.78, 5) is 10.7. The van der Waals surface area contributed by atoms with Crippen molar-refractivity contribution in [3.8, 4) is 5.75 Å². The van der Waals surface area contributed by atoms with Crippen LogP contribution in [0, 0.1) is 11.6 Å². The molecule has 3 rings (SSSR count). The number of ether oxygens (including phenoxy) is 1. The summed E-state index contributed by atoms with van der Waals surface area (Å²) >= 11 is 0. The van der Waals surface area contributed by atoms with Gasteiger partial charge in [0.05, 0.1) is 12.0 Å². The highest BCUT2D eigenvalue weighted by atomic mass is 32.2. The molecule has 1 heterocycles. The van der Waals surface area contributed by atoms with Gasteiger partial charge in [0.25, 0.3) is 0 Å². The highest BCUT2D eigenvalue weighted by molar-refractivity contribution is 7.91. The first-order chi connectivity index (χ1) is 11.3. The van der Waals surface area contributed by atoms with Gasteiger partial charge in [0, 0.05) is 17.5 Å². The molecule has 8 heteroatoms. The standard InChI is InChI=1S/C16H10F2O5S/c1-22-12-3-2-9-4-15(16(19)23-14(9)8-12)24(20,21)13-6-10(17)5-11(18)7-13/h2-8H,1H3. The molecule has 0 spiro atoms. The molecule has 0 atom stereocenters. The highest BCUT2D eigenvalue weighted by Crippen LogP contribution is 2.25. The van der Waals surface area contributed by atoms with E-state index in [0.717, 1.165) is 6.07 Å². The summed E-state index contributed by atoms with van der Waals surface area (Å²) < 4.78 is 61.6. The third-order valence-corrected chi connectivity index (χ3v) is 5.07. The molecule has 0 aliphatic heterocycles. The Hall–Kier alpha value is -2.74. The fourth-order valence-corrected chi connectivity index (χ4v) is 3.53. The molecular formula is C16H10F2O5S. The molecule has 3 aromatic rings. The molecule has 0 saturated heterocycles. The number of hydrogen-bond donors (Lipinski definition) is 0. The van der Waals surface area contributed by atoms with Crippen molar-refractivity contribution in [2.45, 2.75) is 9.79 Å². The van der Waals surface area contributed by atoms with Crippen LogP contribution in [0.15, 0.2) is 61.5 Å². The first kappa shape index (κ1) is 16.1. The first-order valence-electron chi connectivity index (χ1n) is 6.64. The summed E-state index contributed by atoms with van der Waals surface area (Å²) in [7, 11) is -3.01. The van der Waals surface area contributed by atoms with Crippen LogP contribution in [0.3, 0.4) is 0 Å². The minimum atomic E-state index is -4.44. The Kier molecular flexibility index (Phi) is 3.84. The Morgan fingerprint density at radius 1 is 1.00 bits per heavy atom. The average molecular weight is 352 g/mol. The van der Waals surface area contributed by atoms with Crippen LogP contribution in [0.2, 0.25) is 0 Å². The molecule has 0 bridgehead atoms. The Balaban J connectivity index is 2.24. The fourth-order valence-electron chi connectivity index (χ4n) is 2.20. The molecule has 0 fully saturated rings. The second kappa shape index (κ2) is 5.72. The third kappa shape index (κ3) is 2.76. The van der Waals surface area contributed by atoms with Crippen LogP contribution in [0.5, 0.6) is 5.75 Å². The summed E-state index contributed by atoms with van der Waals surface area (Å²) in [5.74, 6) is -1.71. The van der Waals surface area contributed by atoms with E-state index in [1.807, 2.05) is 0 Å². The molecule has 0 amide bonds. The van der Waals surface area contributed by atoms with E-state index in [9.17, 15) is 22.0 Å². The molecule has 0 N–H and O–H groups in total. The number of hydrogen-bond acceptors (Lipinski definition) is 5. The van der Waals surface area contributed by atoms with Crippen molar-refractivity contribution in [3.05, 3.63) is 64.5 Å². The van der Waals surface area contributed by atoms with Gasteiger partial charge in [-0.15, -0.1) is 0 Å². The maximum absolute atomic E-state index is 13.3. The smallest absolute Gasteiger partial charge is 0.355 e. The quantitative estimate of drug-likeness (QED) is 0.678. The molecule has 2 aromatic carbocycles. The molecule has 0 aliphatic rings. The molecule has 0 radical (unpaired) electrons. The van der Waals surface area contributed by atoms with Crippen molar-refractivity contribution >= 4 is 20.8 Å². The predicted molar refractivity (Wildman–Crippen MR) is 80.8 cm³/mol. The fraction of sp³-hybridized carbons (Fsp3) is 0.0625. The SMILES string of the molecule is COc1ccc2cc(S(=O)(=O)c3cc(F)cc(F)c3)c(=O)oc2c1. The Labute approximate surface area is 135 Å². The highest BCUT2D eigenvalue weighted by Gasteiger charge is 2.24. The zero-order chi connectivity index (χ0) is 17.5. The normalized spacial score (nSPS) is 11.6. The van der Waals surface area contributed by atoms with Crippen molar-refractivity contribution in [2.24, 2.45) is 0 Å². The lowest BCUT2D eigenvalue weighted by Gasteiger charge is -2.06. The van der Waals surface area contributed by atoms with Crippen LogP contribution < -0.4 is 10.4 Å². The van der Waals surface area contributed by atoms with Gasteiger partial charge in [-0.1, -0.05) is 0 Å². The van der Waals surface area contributed by atoms with Crippen LogP contribution in [0.4, 0.5) is 8.78 Å². The third-order valence-electron chi connectivity index (χ3n) is 3.35. The van der Waals surface area contributed by atoms with E-state index in [1.165, 1.54) is 19.2 Å². The summed E-state index contributed by atoms with van der Waals surface area (Å²) in [6.07, 6.45) is 0. The number of benzene rings is 2. The zero-order valence-corrected chi connectivity index (χ0v) is 13.1. The molecule has 0 saturated carbocycles. The van der Waals surface area contributed by atoms with Crippen molar-refractivity contribution < 1.29 is 26.4 Å². The van der Waals surface area contributed by atoms with Crippen molar-refractivity contribution in [3.63, 3.8) is 0 Å². The number of fused-ring (bicyclic) bond motifs is 1. The second-order valence-electron chi connectivity index (χ2n) is 4.91. The van der Waals surface area contributed by atoms with E-state index in [-0.39, 0.29) is 5.58 Å². The summed E-state index contributed by atoms with van der Waals surface area (Å²) in [6.45, 7) is 0. The van der Waals surface area contributed by atoms with Crippen LogP contribution in [-0.2, 0) is 9.84 Å². The van der Waals surface area contributed by atoms with Crippen molar-refractivity contribution in [1.82, 2.24) is 0 Å². The molecule has 1 aromatic heterocycles. The zero-order valence-electron chi connectivity index (χ0n) is 12.2. The van der Waals surface area contributed by atoms with Gasteiger partial charge in [-0.05, 0) is 30.3 Å². The number of halogens is 2. The van der Waals surface area contributed by atoms with Gasteiger partial charge >= 0.3 is 5.63 Å². The molecule has 0 aliphatic carbocycles. The topological polar surface area (TPSA) is 73.6 Å². The van der Waals surface area contributed by atoms with Crippen molar-refractivity contribution in [1.29, 1.82) is 0 Å². The van der Waals surface area contributed by atoms with Gasteiger partial charge in [-0.25, -0.2) is 22.0 Å². The summed E-state index contributed by atoms with van der Waals surface area (Å²) in [5.41, 5.74) is -1.01. The van der Waals surface area contributed by atoms with E-state index in [2.05, 4.69) is 0 Å². The average Bonchev–Trinajstić information content (AvgIpc) is 2.52. The van der Waals surface area contributed by atoms with Crippen LogP contribution in [-0.4, -0.2) is 15.5 Å². The lowest BCUT2D eigenvalue weighted by Crippen LogP contribution is -2.14. The molecule has 24 heavy (non-hydrogen) atoms. The maximum Gasteiger partial charge on any atom is 0.355 e. The number of rotatable bonds is 3. The maximum atomic E-state index is 13.3. The summed E-state index contributed by atoms with van der Waals surface area (Å²) in [5, 5.41) is 0.325. The van der Waals surface area contributed by atoms with E-state index in [1.54, 1.807) is 6.07 Å². The molecule has 124 valence electrons. The second-order valence-corrected chi connectivity index (χ2v) is 6.83. The van der Waals surface area contributed by atoms with Gasteiger partial charge in [0.1, 0.15) is 23.0 Å². The Morgan fingerprint density at radius 2 is 1.67 bits per heavy atom. The lowest BCUT2D eigenvalue weighted by atomic mass is 10.2. The molecule has 5 nitrogen and oxygen atoms in total. The van der Waals surface area contributed by atoms with Crippen LogP contribution >= 0.6 is 0 Å². The lowest BCUT2D eigenvalue weighted by molar-refractivity contribution is 0.414. The van der Waals surface area contributed by atoms with Gasteiger partial charge in [0.15, 0.2) is 4.90 Å². The predicted octanol–water partition coefficient (Wildman–Crippen LogP) is 2.91. The van der Waals surface area contributed by atoms with Crippen LogP contribution in [0.25, 0.3) is 11.0 Å². The van der Waals surface area contributed by atoms with E-state index < -0.39 is 36.9 Å². The van der Waals surface area contributed by atoms with Crippen molar-refractivity contribution in [2.75, 3.05) is 7.11 Å². The minimum absolute atomic E-state index is 0.128. The monoisotopic (exact) mass is 352 g/mol. The molecule has 0 unspecified atom stereocenters. The first-order valence-corrected chi connectivity index (χ1v) is 8.12. The largest absolute Gasteiger partial charge is 0.497 e. The Morgan fingerprint density at radius 3 is 2.29 bits per heavy atom. The minimum Gasteiger partial charge on any atom is -0.497 e. The van der Waals surface area contributed by atoms with E-state index in [4.69, 9.17) is 9.15 Å². The van der Waals surface area contributed by atoms with Gasteiger partial charge in [0.2, 0.25) is 9.84 Å².